The summed E-state index contributed by atoms with van der Waals surface area (Å²) >= 11 is 6.51. The molecule has 5 nitrogen and oxygen atoms in total. The SMILES string of the molecule is CC(=O)N(c1cccc(C)c1)c1nc(CSc2ncc(-c3ccc(Br)cc3)[nH]2)cs1. The largest absolute Gasteiger partial charge is 0.333 e. The molecule has 1 N–H and O–H groups in total. The van der Waals surface area contributed by atoms with E-state index in [0.29, 0.717) is 10.9 Å². The summed E-state index contributed by atoms with van der Waals surface area (Å²) in [6.07, 6.45) is 1.84. The molecule has 4 aromatic rings. The molecule has 2 aromatic carbocycles. The highest BCUT2D eigenvalue weighted by molar-refractivity contribution is 9.10. The minimum absolute atomic E-state index is 0.0562. The van der Waals surface area contributed by atoms with E-state index in [9.17, 15) is 4.79 Å². The first-order valence-corrected chi connectivity index (χ1v) is 11.9. The van der Waals surface area contributed by atoms with Gasteiger partial charge in [-0.3, -0.25) is 9.69 Å². The first kappa shape index (κ1) is 20.8. The lowest BCUT2D eigenvalue weighted by molar-refractivity contribution is -0.115. The number of carbonyl (C=O) groups excluding carboxylic acids is 1. The molecule has 30 heavy (non-hydrogen) atoms. The Hall–Kier alpha value is -2.42. The van der Waals surface area contributed by atoms with Gasteiger partial charge in [0.05, 0.1) is 23.3 Å². The summed E-state index contributed by atoms with van der Waals surface area (Å²) < 4.78 is 1.05. The van der Waals surface area contributed by atoms with E-state index in [0.717, 1.165) is 37.8 Å². The maximum Gasteiger partial charge on any atom is 0.230 e. The second-order valence-electron chi connectivity index (χ2n) is 6.71. The predicted octanol–water partition coefficient (Wildman–Crippen LogP) is 6.58. The van der Waals surface area contributed by atoms with Crippen LogP contribution in [0.3, 0.4) is 0 Å². The van der Waals surface area contributed by atoms with Crippen LogP contribution in [0.4, 0.5) is 10.8 Å². The number of aromatic nitrogens is 3. The van der Waals surface area contributed by atoms with Crippen LogP contribution in [0.1, 0.15) is 18.2 Å². The van der Waals surface area contributed by atoms with Crippen molar-refractivity contribution >= 4 is 55.8 Å². The number of rotatable bonds is 6. The van der Waals surface area contributed by atoms with Gasteiger partial charge in [0.15, 0.2) is 10.3 Å². The first-order chi connectivity index (χ1) is 14.5. The molecule has 0 bridgehead atoms. The molecule has 2 heterocycles. The molecule has 0 unspecified atom stereocenters. The Morgan fingerprint density at radius 2 is 2.03 bits per heavy atom. The number of imidazole rings is 1. The number of nitrogens with zero attached hydrogens (tertiary/aromatic N) is 3. The highest BCUT2D eigenvalue weighted by atomic mass is 79.9. The van der Waals surface area contributed by atoms with Crippen molar-refractivity contribution in [2.24, 2.45) is 0 Å². The summed E-state index contributed by atoms with van der Waals surface area (Å²) in [5.74, 6) is 0.614. The highest BCUT2D eigenvalue weighted by Gasteiger charge is 2.18. The van der Waals surface area contributed by atoms with Crippen LogP contribution in [0, 0.1) is 6.92 Å². The summed E-state index contributed by atoms with van der Waals surface area (Å²) in [6, 6.07) is 16.0. The standard InChI is InChI=1S/C22H19BrN4OS2/c1-14-4-3-5-19(10-14)27(15(2)28)22-25-18(13-30-22)12-29-21-24-11-20(26-21)16-6-8-17(23)9-7-16/h3-11,13H,12H2,1-2H3,(H,24,26). The van der Waals surface area contributed by atoms with Crippen molar-refractivity contribution in [3.63, 3.8) is 0 Å². The Morgan fingerprint density at radius 1 is 1.23 bits per heavy atom. The number of halogens is 1. The van der Waals surface area contributed by atoms with Gasteiger partial charge in [-0.25, -0.2) is 9.97 Å². The van der Waals surface area contributed by atoms with E-state index in [1.165, 1.54) is 11.3 Å². The third kappa shape index (κ3) is 4.83. The van der Waals surface area contributed by atoms with E-state index in [2.05, 4.69) is 30.9 Å². The Kier molecular flexibility index (Phi) is 6.36. The van der Waals surface area contributed by atoms with E-state index in [4.69, 9.17) is 0 Å². The van der Waals surface area contributed by atoms with Crippen LogP contribution in [0.25, 0.3) is 11.3 Å². The van der Waals surface area contributed by atoms with E-state index >= 15 is 0 Å². The lowest BCUT2D eigenvalue weighted by Gasteiger charge is -2.18. The smallest absolute Gasteiger partial charge is 0.230 e. The number of carbonyl (C=O) groups is 1. The minimum Gasteiger partial charge on any atom is -0.333 e. The number of thiazole rings is 1. The third-order valence-corrected chi connectivity index (χ3v) is 6.69. The normalized spacial score (nSPS) is 10.9. The van der Waals surface area contributed by atoms with E-state index in [1.54, 1.807) is 23.6 Å². The molecule has 1 amide bonds. The summed E-state index contributed by atoms with van der Waals surface area (Å²) in [7, 11) is 0. The lowest BCUT2D eigenvalue weighted by atomic mass is 10.2. The molecule has 2 aromatic heterocycles. The molecule has 0 saturated heterocycles. The molecule has 0 aliphatic rings. The Morgan fingerprint density at radius 3 is 2.77 bits per heavy atom. The second-order valence-corrected chi connectivity index (χ2v) is 9.43. The van der Waals surface area contributed by atoms with Gasteiger partial charge in [0.1, 0.15) is 0 Å². The van der Waals surface area contributed by atoms with Crippen LogP contribution < -0.4 is 4.90 Å². The monoisotopic (exact) mass is 498 g/mol. The fourth-order valence-corrected chi connectivity index (χ4v) is 4.95. The van der Waals surface area contributed by atoms with Crippen molar-refractivity contribution in [1.82, 2.24) is 15.0 Å². The van der Waals surface area contributed by atoms with Crippen LogP contribution in [-0.4, -0.2) is 20.9 Å². The number of anilines is 2. The topological polar surface area (TPSA) is 61.9 Å². The zero-order valence-electron chi connectivity index (χ0n) is 16.4. The number of aromatic amines is 1. The Balaban J connectivity index is 1.46. The average Bonchev–Trinajstić information content (AvgIpc) is 3.37. The molecule has 8 heteroatoms. The molecule has 0 spiro atoms. The van der Waals surface area contributed by atoms with E-state index < -0.39 is 0 Å². The van der Waals surface area contributed by atoms with Gasteiger partial charge < -0.3 is 4.98 Å². The van der Waals surface area contributed by atoms with Crippen LogP contribution in [0.5, 0.6) is 0 Å². The van der Waals surface area contributed by atoms with Crippen molar-refractivity contribution in [2.45, 2.75) is 24.8 Å². The number of H-pyrrole nitrogens is 1. The fraction of sp³-hybridized carbons (Fsp3) is 0.136. The van der Waals surface area contributed by atoms with Crippen molar-refractivity contribution in [3.05, 3.63) is 75.8 Å². The number of amides is 1. The number of benzene rings is 2. The molecular formula is C22H19BrN4OS2. The quantitative estimate of drug-likeness (QED) is 0.305. The fourth-order valence-electron chi connectivity index (χ4n) is 2.95. The van der Waals surface area contributed by atoms with Crippen molar-refractivity contribution < 1.29 is 4.79 Å². The van der Waals surface area contributed by atoms with Crippen LogP contribution in [0.15, 0.2) is 69.7 Å². The van der Waals surface area contributed by atoms with Gasteiger partial charge >= 0.3 is 0 Å². The summed E-state index contributed by atoms with van der Waals surface area (Å²) in [5, 5.41) is 3.51. The molecular weight excluding hydrogens is 480 g/mol. The molecule has 0 aliphatic carbocycles. The van der Waals surface area contributed by atoms with Crippen molar-refractivity contribution in [3.8, 4) is 11.3 Å². The van der Waals surface area contributed by atoms with Crippen molar-refractivity contribution in [1.29, 1.82) is 0 Å². The van der Waals surface area contributed by atoms with Crippen LogP contribution >= 0.6 is 39.0 Å². The zero-order valence-corrected chi connectivity index (χ0v) is 19.6. The number of nitrogens with one attached hydrogen (secondary N) is 1. The highest BCUT2D eigenvalue weighted by Crippen LogP contribution is 2.31. The van der Waals surface area contributed by atoms with Gasteiger partial charge in [0.25, 0.3) is 0 Å². The second kappa shape index (κ2) is 9.16. The number of thioether (sulfide) groups is 1. The minimum atomic E-state index is -0.0562. The Labute approximate surface area is 191 Å². The molecule has 0 aliphatic heterocycles. The van der Waals surface area contributed by atoms with Gasteiger partial charge in [0.2, 0.25) is 5.91 Å². The van der Waals surface area contributed by atoms with Crippen molar-refractivity contribution in [2.75, 3.05) is 4.90 Å². The molecule has 4 rings (SSSR count). The molecule has 0 atom stereocenters. The predicted molar refractivity (Wildman–Crippen MR) is 127 cm³/mol. The average molecular weight is 499 g/mol. The summed E-state index contributed by atoms with van der Waals surface area (Å²) in [6.45, 7) is 3.57. The van der Waals surface area contributed by atoms with E-state index in [1.807, 2.05) is 67.0 Å². The maximum absolute atomic E-state index is 12.3. The number of hydrogen-bond acceptors (Lipinski definition) is 5. The first-order valence-electron chi connectivity index (χ1n) is 9.25. The van der Waals surface area contributed by atoms with E-state index in [-0.39, 0.29) is 5.91 Å². The zero-order chi connectivity index (χ0) is 21.1. The third-order valence-electron chi connectivity index (χ3n) is 4.37. The number of aryl methyl sites for hydroxylation is 1. The van der Waals surface area contributed by atoms with Gasteiger partial charge in [-0.2, -0.15) is 0 Å². The Bertz CT molecular complexity index is 1170. The van der Waals surface area contributed by atoms with Crippen LogP contribution in [0.2, 0.25) is 0 Å². The van der Waals surface area contributed by atoms with Gasteiger partial charge in [0, 0.05) is 22.5 Å². The van der Waals surface area contributed by atoms with Gasteiger partial charge in [-0.15, -0.1) is 11.3 Å². The molecule has 152 valence electrons. The van der Waals surface area contributed by atoms with Gasteiger partial charge in [-0.05, 0) is 42.3 Å². The molecule has 0 radical (unpaired) electrons. The molecule has 0 fully saturated rings. The molecule has 0 saturated carbocycles. The summed E-state index contributed by atoms with van der Waals surface area (Å²) in [4.78, 5) is 26.4. The maximum atomic E-state index is 12.3. The summed E-state index contributed by atoms with van der Waals surface area (Å²) in [5.41, 5.74) is 4.92. The number of hydrogen-bond donors (Lipinski definition) is 1. The van der Waals surface area contributed by atoms with Crippen LogP contribution in [-0.2, 0) is 10.5 Å². The lowest BCUT2D eigenvalue weighted by Crippen LogP contribution is -2.22. The van der Waals surface area contributed by atoms with Gasteiger partial charge in [-0.1, -0.05) is 52.0 Å².